The Balaban J connectivity index is 2.31. The first kappa shape index (κ1) is 16.3. The van der Waals surface area contributed by atoms with Crippen LogP contribution in [0.2, 0.25) is 0 Å². The molecular formula is C20H25NO. The van der Waals surface area contributed by atoms with E-state index >= 15 is 0 Å². The fourth-order valence-corrected chi connectivity index (χ4v) is 2.51. The molecule has 2 nitrogen and oxygen atoms in total. The molecule has 1 atom stereocenters. The number of amides is 1. The number of carbonyl (C=O) groups is 1. The van der Waals surface area contributed by atoms with Gasteiger partial charge in [0, 0.05) is 12.0 Å². The maximum absolute atomic E-state index is 12.9. The van der Waals surface area contributed by atoms with Crippen molar-refractivity contribution in [3.05, 3.63) is 71.8 Å². The summed E-state index contributed by atoms with van der Waals surface area (Å²) in [5.74, 6) is 0.174. The summed E-state index contributed by atoms with van der Waals surface area (Å²) in [7, 11) is 0. The van der Waals surface area contributed by atoms with Gasteiger partial charge >= 0.3 is 0 Å². The molecule has 0 radical (unpaired) electrons. The molecule has 2 aromatic rings. The molecule has 0 N–H and O–H groups in total. The first-order valence-corrected chi connectivity index (χ1v) is 7.79. The standard InChI is InChI=1S/C20H25NO/c1-16(18-13-9-6-10-14-18)21(19(22)20(2,3)4)15-17-11-7-5-8-12-17/h5-14,16H,15H2,1-4H3. The molecule has 1 amide bonds. The monoisotopic (exact) mass is 295 g/mol. The molecular weight excluding hydrogens is 270 g/mol. The third kappa shape index (κ3) is 3.97. The Bertz CT molecular complexity index is 599. The van der Waals surface area contributed by atoms with Crippen LogP contribution in [0.15, 0.2) is 60.7 Å². The first-order valence-electron chi connectivity index (χ1n) is 7.79. The van der Waals surface area contributed by atoms with Gasteiger partial charge < -0.3 is 4.90 Å². The average Bonchev–Trinajstić information content (AvgIpc) is 2.52. The minimum Gasteiger partial charge on any atom is -0.331 e. The van der Waals surface area contributed by atoms with Crippen LogP contribution in [0.1, 0.15) is 44.9 Å². The maximum Gasteiger partial charge on any atom is 0.228 e. The summed E-state index contributed by atoms with van der Waals surface area (Å²) in [4.78, 5) is 14.9. The van der Waals surface area contributed by atoms with Crippen molar-refractivity contribution >= 4 is 5.91 Å². The molecule has 22 heavy (non-hydrogen) atoms. The molecule has 0 fully saturated rings. The summed E-state index contributed by atoms with van der Waals surface area (Å²) >= 11 is 0. The fourth-order valence-electron chi connectivity index (χ4n) is 2.51. The molecule has 0 aliphatic rings. The Morgan fingerprint density at radius 3 is 1.95 bits per heavy atom. The highest BCUT2D eigenvalue weighted by Crippen LogP contribution is 2.28. The Labute approximate surface area is 133 Å². The smallest absolute Gasteiger partial charge is 0.228 e. The van der Waals surface area contributed by atoms with Crippen LogP contribution >= 0.6 is 0 Å². The van der Waals surface area contributed by atoms with Crippen LogP contribution < -0.4 is 0 Å². The fraction of sp³-hybridized carbons (Fsp3) is 0.350. The third-order valence-electron chi connectivity index (χ3n) is 3.85. The van der Waals surface area contributed by atoms with Gasteiger partial charge in [-0.2, -0.15) is 0 Å². The summed E-state index contributed by atoms with van der Waals surface area (Å²) in [6.45, 7) is 8.66. The lowest BCUT2D eigenvalue weighted by Gasteiger charge is -2.35. The molecule has 0 heterocycles. The van der Waals surface area contributed by atoms with Gasteiger partial charge in [0.2, 0.25) is 5.91 Å². The quantitative estimate of drug-likeness (QED) is 0.791. The molecule has 0 aliphatic carbocycles. The van der Waals surface area contributed by atoms with E-state index in [0.717, 1.165) is 11.1 Å². The zero-order valence-corrected chi connectivity index (χ0v) is 13.9. The number of hydrogen-bond acceptors (Lipinski definition) is 1. The van der Waals surface area contributed by atoms with Crippen LogP contribution in [0.25, 0.3) is 0 Å². The molecule has 2 rings (SSSR count). The number of carbonyl (C=O) groups excluding carboxylic acids is 1. The van der Waals surface area contributed by atoms with E-state index in [4.69, 9.17) is 0 Å². The minimum absolute atomic E-state index is 0.0492. The lowest BCUT2D eigenvalue weighted by molar-refractivity contribution is -0.142. The number of benzene rings is 2. The van der Waals surface area contributed by atoms with E-state index in [2.05, 4.69) is 31.2 Å². The van der Waals surface area contributed by atoms with E-state index in [0.29, 0.717) is 6.54 Å². The molecule has 0 saturated heterocycles. The second-order valence-electron chi connectivity index (χ2n) is 6.76. The van der Waals surface area contributed by atoms with Crippen molar-refractivity contribution in [2.75, 3.05) is 0 Å². The molecule has 0 aromatic heterocycles. The van der Waals surface area contributed by atoms with Crippen molar-refractivity contribution in [2.45, 2.75) is 40.3 Å². The van der Waals surface area contributed by atoms with Crippen LogP contribution in [-0.4, -0.2) is 10.8 Å². The van der Waals surface area contributed by atoms with E-state index in [1.54, 1.807) is 0 Å². The first-order chi connectivity index (χ1) is 10.4. The lowest BCUT2D eigenvalue weighted by Crippen LogP contribution is -2.40. The molecule has 0 spiro atoms. The molecule has 2 aromatic carbocycles. The van der Waals surface area contributed by atoms with Gasteiger partial charge in [-0.05, 0) is 18.1 Å². The zero-order valence-electron chi connectivity index (χ0n) is 13.9. The van der Waals surface area contributed by atoms with Gasteiger partial charge in [0.1, 0.15) is 0 Å². The molecule has 1 unspecified atom stereocenters. The zero-order chi connectivity index (χ0) is 16.2. The highest BCUT2D eigenvalue weighted by molar-refractivity contribution is 5.82. The molecule has 0 bridgehead atoms. The second kappa shape index (κ2) is 6.78. The normalized spacial score (nSPS) is 12.7. The summed E-state index contributed by atoms with van der Waals surface area (Å²) in [6, 6.07) is 20.4. The van der Waals surface area contributed by atoms with Crippen LogP contribution in [0.4, 0.5) is 0 Å². The molecule has 2 heteroatoms. The minimum atomic E-state index is -0.391. The van der Waals surface area contributed by atoms with Gasteiger partial charge in [0.15, 0.2) is 0 Å². The number of hydrogen-bond donors (Lipinski definition) is 0. The van der Waals surface area contributed by atoms with Gasteiger partial charge in [-0.15, -0.1) is 0 Å². The predicted octanol–water partition coefficient (Wildman–Crippen LogP) is 4.82. The lowest BCUT2D eigenvalue weighted by atomic mass is 9.92. The highest BCUT2D eigenvalue weighted by atomic mass is 16.2. The topological polar surface area (TPSA) is 20.3 Å². The SMILES string of the molecule is CC(c1ccccc1)N(Cc1ccccc1)C(=O)C(C)(C)C. The number of nitrogens with zero attached hydrogens (tertiary/aromatic N) is 1. The van der Waals surface area contributed by atoms with E-state index < -0.39 is 5.41 Å². The Morgan fingerprint density at radius 1 is 0.955 bits per heavy atom. The van der Waals surface area contributed by atoms with E-state index in [1.165, 1.54) is 0 Å². The summed E-state index contributed by atoms with van der Waals surface area (Å²) < 4.78 is 0. The van der Waals surface area contributed by atoms with Crippen LogP contribution in [0.5, 0.6) is 0 Å². The van der Waals surface area contributed by atoms with Crippen molar-refractivity contribution in [2.24, 2.45) is 5.41 Å². The van der Waals surface area contributed by atoms with E-state index in [1.807, 2.05) is 62.1 Å². The number of rotatable bonds is 4. The summed E-state index contributed by atoms with van der Waals surface area (Å²) in [5, 5.41) is 0. The molecule has 0 aliphatic heterocycles. The predicted molar refractivity (Wildman–Crippen MR) is 91.3 cm³/mol. The van der Waals surface area contributed by atoms with Gasteiger partial charge in [-0.25, -0.2) is 0 Å². The largest absolute Gasteiger partial charge is 0.331 e. The van der Waals surface area contributed by atoms with Gasteiger partial charge in [-0.3, -0.25) is 4.79 Å². The van der Waals surface area contributed by atoms with Gasteiger partial charge in [-0.1, -0.05) is 81.4 Å². The van der Waals surface area contributed by atoms with E-state index in [-0.39, 0.29) is 11.9 Å². The van der Waals surface area contributed by atoms with Crippen molar-refractivity contribution < 1.29 is 4.79 Å². The van der Waals surface area contributed by atoms with Crippen LogP contribution in [-0.2, 0) is 11.3 Å². The van der Waals surface area contributed by atoms with Gasteiger partial charge in [0.05, 0.1) is 6.04 Å². The molecule has 0 saturated carbocycles. The average molecular weight is 295 g/mol. The van der Waals surface area contributed by atoms with Crippen LogP contribution in [0.3, 0.4) is 0 Å². The highest BCUT2D eigenvalue weighted by Gasteiger charge is 2.30. The Kier molecular flexibility index (Phi) is 5.02. The third-order valence-corrected chi connectivity index (χ3v) is 3.85. The molecule has 116 valence electrons. The van der Waals surface area contributed by atoms with Crippen molar-refractivity contribution in [1.82, 2.24) is 4.90 Å². The Morgan fingerprint density at radius 2 is 1.45 bits per heavy atom. The van der Waals surface area contributed by atoms with Crippen molar-refractivity contribution in [3.63, 3.8) is 0 Å². The van der Waals surface area contributed by atoms with Gasteiger partial charge in [0.25, 0.3) is 0 Å². The van der Waals surface area contributed by atoms with Crippen molar-refractivity contribution in [3.8, 4) is 0 Å². The summed E-state index contributed by atoms with van der Waals surface area (Å²) in [6.07, 6.45) is 0. The summed E-state index contributed by atoms with van der Waals surface area (Å²) in [5.41, 5.74) is 1.93. The van der Waals surface area contributed by atoms with E-state index in [9.17, 15) is 4.79 Å². The van der Waals surface area contributed by atoms with Crippen molar-refractivity contribution in [1.29, 1.82) is 0 Å². The van der Waals surface area contributed by atoms with Crippen LogP contribution in [0, 0.1) is 5.41 Å². The second-order valence-corrected chi connectivity index (χ2v) is 6.76. The Hall–Kier alpha value is -2.09. The maximum atomic E-state index is 12.9.